The lowest BCUT2D eigenvalue weighted by Gasteiger charge is -2.18. The monoisotopic (exact) mass is 479 g/mol. The van der Waals surface area contributed by atoms with Gasteiger partial charge in [0, 0.05) is 20.1 Å². The molecular weight excluding hydrogens is 442 g/mol. The van der Waals surface area contributed by atoms with E-state index >= 15 is 0 Å². The Morgan fingerprint density at radius 1 is 1.00 bits per heavy atom. The highest BCUT2D eigenvalue weighted by Gasteiger charge is 2.47. The van der Waals surface area contributed by atoms with Crippen molar-refractivity contribution in [1.82, 2.24) is 24.0 Å². The van der Waals surface area contributed by atoms with Gasteiger partial charge in [0.15, 0.2) is 23.5 Å². The van der Waals surface area contributed by atoms with E-state index < -0.39 is 41.7 Å². The standard InChI is InChI=1S/C23H37N5O6/c1-4-6-8-10-12-26-19-15(21(32)27(23(26)33)13-11-9-7-5-2)28(14-25-19)22-17(30)16(29)18(34-22)20(31)24-3/h14,16-18,22,29-30H,4-13H2,1-3H3,(H,24,31)/t16-,17+,18-,22+/m0/s1. The summed E-state index contributed by atoms with van der Waals surface area (Å²) in [6.45, 7) is 4.90. The molecule has 1 aliphatic rings. The van der Waals surface area contributed by atoms with Crippen LogP contribution in [0.2, 0.25) is 0 Å². The van der Waals surface area contributed by atoms with Gasteiger partial charge in [0.2, 0.25) is 0 Å². The van der Waals surface area contributed by atoms with Crippen molar-refractivity contribution < 1.29 is 19.7 Å². The smallest absolute Gasteiger partial charge is 0.332 e. The normalized spacial score (nSPS) is 22.5. The summed E-state index contributed by atoms with van der Waals surface area (Å²) in [5.74, 6) is -0.584. The zero-order valence-corrected chi connectivity index (χ0v) is 20.3. The minimum Gasteiger partial charge on any atom is -0.387 e. The van der Waals surface area contributed by atoms with E-state index in [0.29, 0.717) is 13.0 Å². The number of aromatic nitrogens is 4. The molecule has 0 spiro atoms. The van der Waals surface area contributed by atoms with Crippen molar-refractivity contribution in [3.05, 3.63) is 27.2 Å². The Balaban J connectivity index is 2.06. The summed E-state index contributed by atoms with van der Waals surface area (Å²) in [5, 5.41) is 23.3. The molecule has 1 fully saturated rings. The lowest BCUT2D eigenvalue weighted by molar-refractivity contribution is -0.137. The van der Waals surface area contributed by atoms with E-state index in [9.17, 15) is 24.6 Å². The van der Waals surface area contributed by atoms with Crippen LogP contribution in [-0.2, 0) is 22.6 Å². The number of carbonyl (C=O) groups excluding carboxylic acids is 1. The number of nitrogens with one attached hydrogen (secondary N) is 1. The van der Waals surface area contributed by atoms with Crippen molar-refractivity contribution >= 4 is 17.1 Å². The molecule has 3 N–H and O–H groups in total. The molecule has 0 bridgehead atoms. The number of aliphatic hydroxyl groups is 2. The van der Waals surface area contributed by atoms with Gasteiger partial charge >= 0.3 is 5.69 Å². The molecular formula is C23H37N5O6. The fraction of sp³-hybridized carbons (Fsp3) is 0.739. The highest BCUT2D eigenvalue weighted by molar-refractivity contribution is 5.81. The van der Waals surface area contributed by atoms with Gasteiger partial charge in [-0.15, -0.1) is 0 Å². The lowest BCUT2D eigenvalue weighted by Crippen LogP contribution is -2.41. The Kier molecular flexibility index (Phi) is 9.03. The first-order valence-electron chi connectivity index (χ1n) is 12.3. The van der Waals surface area contributed by atoms with Gasteiger partial charge in [-0.2, -0.15) is 0 Å². The number of carbonyl (C=O) groups is 1. The van der Waals surface area contributed by atoms with E-state index in [1.807, 2.05) is 0 Å². The first-order chi connectivity index (χ1) is 16.4. The van der Waals surface area contributed by atoms with Crippen LogP contribution in [-0.4, -0.2) is 60.2 Å². The Hall–Kier alpha value is -2.50. The number of ether oxygens (including phenoxy) is 1. The third kappa shape index (κ3) is 5.11. The first kappa shape index (κ1) is 26.1. The number of imidazole rings is 1. The first-order valence-corrected chi connectivity index (χ1v) is 12.3. The van der Waals surface area contributed by atoms with Crippen molar-refractivity contribution in [1.29, 1.82) is 0 Å². The van der Waals surface area contributed by atoms with Gasteiger partial charge in [0.25, 0.3) is 11.5 Å². The summed E-state index contributed by atoms with van der Waals surface area (Å²) >= 11 is 0. The number of hydrogen-bond acceptors (Lipinski definition) is 7. The molecule has 3 rings (SSSR count). The average Bonchev–Trinajstić information content (AvgIpc) is 3.39. The van der Waals surface area contributed by atoms with E-state index in [1.165, 1.54) is 27.1 Å². The van der Waals surface area contributed by atoms with Gasteiger partial charge in [-0.1, -0.05) is 52.4 Å². The quantitative estimate of drug-likeness (QED) is 0.384. The maximum Gasteiger partial charge on any atom is 0.332 e. The fourth-order valence-electron chi connectivity index (χ4n) is 4.44. The van der Waals surface area contributed by atoms with Gasteiger partial charge in [-0.25, -0.2) is 9.78 Å². The molecule has 34 heavy (non-hydrogen) atoms. The van der Waals surface area contributed by atoms with Crippen molar-refractivity contribution in [2.45, 2.75) is 103 Å². The number of rotatable bonds is 12. The molecule has 0 aliphatic carbocycles. The topological polar surface area (TPSA) is 141 Å². The van der Waals surface area contributed by atoms with Gasteiger partial charge in [-0.05, 0) is 12.8 Å². The highest BCUT2D eigenvalue weighted by Crippen LogP contribution is 2.31. The van der Waals surface area contributed by atoms with Gasteiger partial charge in [-0.3, -0.25) is 23.3 Å². The fourth-order valence-corrected chi connectivity index (χ4v) is 4.44. The van der Waals surface area contributed by atoms with Crippen LogP contribution in [0.4, 0.5) is 0 Å². The number of aryl methyl sites for hydroxylation is 1. The molecule has 4 atom stereocenters. The summed E-state index contributed by atoms with van der Waals surface area (Å²) in [5.41, 5.74) is -0.594. The molecule has 1 aliphatic heterocycles. The highest BCUT2D eigenvalue weighted by atomic mass is 16.6. The lowest BCUT2D eigenvalue weighted by atomic mass is 10.1. The Morgan fingerprint density at radius 2 is 1.62 bits per heavy atom. The van der Waals surface area contributed by atoms with E-state index in [1.54, 1.807) is 0 Å². The van der Waals surface area contributed by atoms with Crippen molar-refractivity contribution in [3.63, 3.8) is 0 Å². The molecule has 0 unspecified atom stereocenters. The second-order valence-electron chi connectivity index (χ2n) is 8.88. The molecule has 11 nitrogen and oxygen atoms in total. The van der Waals surface area contributed by atoms with Gasteiger partial charge < -0.3 is 20.3 Å². The Morgan fingerprint density at radius 3 is 2.21 bits per heavy atom. The van der Waals surface area contributed by atoms with Crippen molar-refractivity contribution in [2.75, 3.05) is 7.05 Å². The molecule has 1 saturated heterocycles. The van der Waals surface area contributed by atoms with E-state index in [-0.39, 0.29) is 17.7 Å². The largest absolute Gasteiger partial charge is 0.387 e. The Bertz CT molecular complexity index is 1090. The van der Waals surface area contributed by atoms with Crippen LogP contribution in [0.1, 0.15) is 71.4 Å². The summed E-state index contributed by atoms with van der Waals surface area (Å²) in [6.07, 6.45) is 3.37. The number of likely N-dealkylation sites (N-methyl/N-ethyl adjacent to an activating group) is 1. The molecule has 1 amide bonds. The van der Waals surface area contributed by atoms with E-state index in [4.69, 9.17) is 4.74 Å². The number of hydrogen-bond donors (Lipinski definition) is 3. The van der Waals surface area contributed by atoms with Crippen LogP contribution in [0, 0.1) is 0 Å². The molecule has 2 aromatic heterocycles. The molecule has 0 aromatic carbocycles. The van der Waals surface area contributed by atoms with Crippen LogP contribution in [0.25, 0.3) is 11.2 Å². The molecule has 0 radical (unpaired) electrons. The maximum absolute atomic E-state index is 13.4. The number of unbranched alkanes of at least 4 members (excludes halogenated alkanes) is 6. The van der Waals surface area contributed by atoms with Gasteiger partial charge in [0.05, 0.1) is 6.33 Å². The third-order valence-electron chi connectivity index (χ3n) is 6.43. The second-order valence-corrected chi connectivity index (χ2v) is 8.88. The van der Waals surface area contributed by atoms with Crippen LogP contribution in [0.5, 0.6) is 0 Å². The number of aliphatic hydroxyl groups excluding tert-OH is 2. The zero-order valence-electron chi connectivity index (χ0n) is 20.3. The molecule has 2 aromatic rings. The van der Waals surface area contributed by atoms with Crippen molar-refractivity contribution in [2.24, 2.45) is 0 Å². The van der Waals surface area contributed by atoms with Crippen LogP contribution < -0.4 is 16.6 Å². The minimum absolute atomic E-state index is 0.111. The minimum atomic E-state index is -1.47. The van der Waals surface area contributed by atoms with E-state index in [0.717, 1.165) is 44.9 Å². The Labute approximate surface area is 198 Å². The zero-order chi connectivity index (χ0) is 24.8. The van der Waals surface area contributed by atoms with Gasteiger partial charge in [0.1, 0.15) is 12.2 Å². The average molecular weight is 480 g/mol. The summed E-state index contributed by atoms with van der Waals surface area (Å²) in [6, 6.07) is 0. The number of fused-ring (bicyclic) bond motifs is 1. The second kappa shape index (κ2) is 11.8. The van der Waals surface area contributed by atoms with Crippen molar-refractivity contribution in [3.8, 4) is 0 Å². The summed E-state index contributed by atoms with van der Waals surface area (Å²) < 4.78 is 9.73. The molecule has 3 heterocycles. The molecule has 190 valence electrons. The maximum atomic E-state index is 13.4. The SMILES string of the molecule is CCCCCCn1c(=O)c2c(ncn2[C@@H]2O[C@H](C(=O)NC)[C@@H](O)[C@H]2O)n(CCCCCC)c1=O. The van der Waals surface area contributed by atoms with E-state index in [2.05, 4.69) is 24.1 Å². The predicted octanol–water partition coefficient (Wildman–Crippen LogP) is 0.886. The van der Waals surface area contributed by atoms with Crippen LogP contribution in [0.15, 0.2) is 15.9 Å². The molecule has 11 heteroatoms. The molecule has 0 saturated carbocycles. The summed E-state index contributed by atoms with van der Waals surface area (Å²) in [4.78, 5) is 43.1. The predicted molar refractivity (Wildman–Crippen MR) is 127 cm³/mol. The van der Waals surface area contributed by atoms with Crippen LogP contribution >= 0.6 is 0 Å². The number of nitrogens with zero attached hydrogens (tertiary/aromatic N) is 4. The number of amides is 1. The third-order valence-corrected chi connectivity index (χ3v) is 6.43. The summed E-state index contributed by atoms with van der Waals surface area (Å²) in [7, 11) is 1.40. The van der Waals surface area contributed by atoms with Crippen LogP contribution in [0.3, 0.4) is 0 Å².